The third-order valence-electron chi connectivity index (χ3n) is 14.7. The van der Waals surface area contributed by atoms with Crippen molar-refractivity contribution in [1.29, 1.82) is 0 Å². The number of thioether (sulfide) groups is 2. The summed E-state index contributed by atoms with van der Waals surface area (Å²) >= 11 is 2.42. The first-order valence-electron chi connectivity index (χ1n) is 30.6. The van der Waals surface area contributed by atoms with E-state index in [0.29, 0.717) is 39.3 Å². The fourth-order valence-electron chi connectivity index (χ4n) is 7.97. The lowest BCUT2D eigenvalue weighted by Gasteiger charge is -2.29. The normalized spacial score (nSPS) is 13.5. The van der Waals surface area contributed by atoms with Gasteiger partial charge in [0.1, 0.15) is 113 Å². The van der Waals surface area contributed by atoms with Crippen LogP contribution in [-0.4, -0.2) is 141 Å². The molecule has 0 aliphatic carbocycles. The SMILES string of the molecule is C.Cc1ccc(COC(=O)C(C)(COC(=O)OCC(C)(COC(=O)OCC(C)(CO)C(=O)OCc2ccccc2)C(=O)OCc2ccc(CSC(N)=[NH2+])cc2)COC(=O)OCC(C)(COC(=O)OCC(C)(CO)C(=O)OCc2ccccc2)C(=O)OCc2ccc(CSC(N)=[NH2+])cc2)cc1.[Cl-].[Cl-]. The Kier molecular flexibility index (Phi) is 37.8. The Morgan fingerprint density at radius 3 is 0.755 bits per heavy atom. The number of ether oxygens (including phenoxy) is 13. The number of aliphatic hydroxyl groups excluding tert-OH is 2. The Bertz CT molecular complexity index is 3350. The lowest BCUT2D eigenvalue weighted by atomic mass is 9.93. The van der Waals surface area contributed by atoms with E-state index < -0.39 is 148 Å². The molecule has 0 spiro atoms. The predicted octanol–water partition coefficient (Wildman–Crippen LogP) is -0.101. The van der Waals surface area contributed by atoms with E-state index >= 15 is 0 Å². The van der Waals surface area contributed by atoms with Crippen LogP contribution < -0.4 is 47.1 Å². The number of nitrogens with two attached hydrogens (primary N) is 4. The molecule has 0 aromatic heterocycles. The lowest BCUT2D eigenvalue weighted by molar-refractivity contribution is -0.165. The molecular formula is C70H88Cl2N4O24S2. The van der Waals surface area contributed by atoms with Crippen molar-refractivity contribution >= 4 is 88.3 Å². The molecule has 28 nitrogen and oxygen atoms in total. The van der Waals surface area contributed by atoms with Gasteiger partial charge in [0.05, 0.1) is 13.2 Å². The van der Waals surface area contributed by atoms with E-state index in [-0.39, 0.29) is 75.6 Å². The molecule has 558 valence electrons. The van der Waals surface area contributed by atoms with E-state index in [1.165, 1.54) is 58.1 Å². The Balaban J connectivity index is 0.0000118. The fraction of sp³-hybridized carbons (Fsp3) is 0.414. The number of benzene rings is 5. The highest BCUT2D eigenvalue weighted by atomic mass is 35.5. The molecule has 0 saturated carbocycles. The average Bonchev–Trinajstić information content (AvgIpc) is 0.857. The van der Waals surface area contributed by atoms with Crippen LogP contribution in [0.3, 0.4) is 0 Å². The van der Waals surface area contributed by atoms with Crippen molar-refractivity contribution in [2.24, 2.45) is 38.5 Å². The number of aliphatic hydroxyl groups is 2. The van der Waals surface area contributed by atoms with Crippen molar-refractivity contribution in [2.75, 3.05) is 66.1 Å². The summed E-state index contributed by atoms with van der Waals surface area (Å²) in [5, 5.41) is 31.8. The van der Waals surface area contributed by atoms with Crippen LogP contribution in [-0.2, 0) is 130 Å². The Hall–Kier alpha value is -9.33. The highest BCUT2D eigenvalue weighted by Gasteiger charge is 2.45. The Morgan fingerprint density at radius 1 is 0.333 bits per heavy atom. The summed E-state index contributed by atoms with van der Waals surface area (Å²) in [6, 6.07) is 38.0. The van der Waals surface area contributed by atoms with Crippen LogP contribution >= 0.6 is 23.5 Å². The Morgan fingerprint density at radius 2 is 0.529 bits per heavy atom. The van der Waals surface area contributed by atoms with Crippen LogP contribution in [0.15, 0.2) is 133 Å². The molecule has 5 aromatic rings. The molecule has 0 heterocycles. The van der Waals surface area contributed by atoms with E-state index in [0.717, 1.165) is 16.7 Å². The molecule has 10 N–H and O–H groups in total. The van der Waals surface area contributed by atoms with Gasteiger partial charge in [-0.1, -0.05) is 146 Å². The van der Waals surface area contributed by atoms with Crippen LogP contribution in [0.2, 0.25) is 0 Å². The second kappa shape index (κ2) is 43.5. The summed E-state index contributed by atoms with van der Waals surface area (Å²) in [5.74, 6) is -4.07. The van der Waals surface area contributed by atoms with Gasteiger partial charge < -0.3 is 96.6 Å². The molecular weight excluding hydrogens is 1420 g/mol. The molecule has 5 rings (SSSR count). The zero-order valence-corrected chi connectivity index (χ0v) is 59.6. The number of carbonyl (C=O) groups is 9. The molecule has 0 aliphatic rings. The maximum atomic E-state index is 14.1. The molecule has 0 bridgehead atoms. The molecule has 4 unspecified atom stereocenters. The molecule has 0 radical (unpaired) electrons. The second-order valence-corrected chi connectivity index (χ2v) is 26.4. The summed E-state index contributed by atoms with van der Waals surface area (Å²) in [4.78, 5) is 122. The molecule has 0 saturated heterocycles. The first kappa shape index (κ1) is 88.8. The van der Waals surface area contributed by atoms with Gasteiger partial charge in [0.15, 0.2) is 0 Å². The number of halogens is 2. The van der Waals surface area contributed by atoms with Crippen LogP contribution in [0, 0.1) is 34.0 Å². The lowest BCUT2D eigenvalue weighted by Crippen LogP contribution is -3.00. The fourth-order valence-corrected chi connectivity index (χ4v) is 9.03. The summed E-state index contributed by atoms with van der Waals surface area (Å²) in [6.45, 7) is -1.65. The van der Waals surface area contributed by atoms with E-state index in [2.05, 4.69) is 0 Å². The maximum absolute atomic E-state index is 14.1. The zero-order valence-electron chi connectivity index (χ0n) is 56.5. The minimum Gasteiger partial charge on any atom is -1.00 e. The number of hydrogen-bond acceptors (Lipinski definition) is 26. The predicted molar refractivity (Wildman–Crippen MR) is 361 cm³/mol. The van der Waals surface area contributed by atoms with E-state index in [4.69, 9.17) is 83.9 Å². The van der Waals surface area contributed by atoms with Gasteiger partial charge >= 0.3 is 54.5 Å². The molecule has 4 atom stereocenters. The van der Waals surface area contributed by atoms with Crippen molar-refractivity contribution in [3.63, 3.8) is 0 Å². The number of aryl methyl sites for hydroxylation is 1. The molecule has 5 aromatic carbocycles. The number of carbonyl (C=O) groups excluding carboxylic acids is 9. The number of hydrogen-bond donors (Lipinski definition) is 6. The smallest absolute Gasteiger partial charge is 0.508 e. The Labute approximate surface area is 611 Å². The zero-order chi connectivity index (χ0) is 72.7. The summed E-state index contributed by atoms with van der Waals surface area (Å²) in [5.41, 5.74) is 7.03. The highest BCUT2D eigenvalue weighted by Crippen LogP contribution is 2.29. The third-order valence-corrected chi connectivity index (χ3v) is 16.4. The van der Waals surface area contributed by atoms with Crippen molar-refractivity contribution in [3.05, 3.63) is 178 Å². The molecule has 102 heavy (non-hydrogen) atoms. The topological polar surface area (TPSA) is 417 Å². The number of esters is 5. The van der Waals surface area contributed by atoms with Gasteiger partial charge in [-0.2, -0.15) is 0 Å². The first-order chi connectivity index (χ1) is 47.0. The third kappa shape index (κ3) is 30.1. The van der Waals surface area contributed by atoms with Gasteiger partial charge in [-0.25, -0.2) is 19.2 Å². The van der Waals surface area contributed by atoms with Crippen LogP contribution in [0.25, 0.3) is 0 Å². The molecule has 0 aliphatic heterocycles. The van der Waals surface area contributed by atoms with Crippen molar-refractivity contribution < 1.29 is 151 Å². The first-order valence-corrected chi connectivity index (χ1v) is 32.5. The van der Waals surface area contributed by atoms with E-state index in [1.807, 2.05) is 6.92 Å². The molecule has 32 heteroatoms. The minimum absolute atomic E-state index is 0. The standard InChI is InChI=1S/C69H82N4O24S2.CH4.2ClH/c1-46-17-19-49(20-18-46)31-87-56(78)69(6,44-96-63(83)94-42-67(4,57(79)88-32-50-21-25-52(26-22-50)34-98-59(70)71)40-92-61(81)90-38-65(2,36-74)54(76)85-29-47-13-9-7-10-14-47)45-97-64(84)95-43-68(5,58(80)89-33-51-23-27-53(28-24-51)35-99-60(72)73)41-93-62(82)91-39-66(3,37-75)55(77)86-30-48-15-11-8-12-16-48;;;/h7-28,74-75H,29-45H2,1-6H3,(H3,70,71)(H3,72,73);1H4;2*1H. The molecule has 0 fully saturated rings. The van der Waals surface area contributed by atoms with Gasteiger partial charge in [-0.05, 0) is 104 Å². The van der Waals surface area contributed by atoms with Crippen LogP contribution in [0.4, 0.5) is 19.2 Å². The minimum atomic E-state index is -2.08. The maximum Gasteiger partial charge on any atom is 0.508 e. The summed E-state index contributed by atoms with van der Waals surface area (Å²) in [7, 11) is 0. The average molecular weight is 1500 g/mol. The van der Waals surface area contributed by atoms with Crippen molar-refractivity contribution in [2.45, 2.75) is 93.5 Å². The monoisotopic (exact) mass is 1500 g/mol. The second-order valence-electron chi connectivity index (χ2n) is 24.3. The van der Waals surface area contributed by atoms with Gasteiger partial charge in [-0.15, -0.1) is 0 Å². The van der Waals surface area contributed by atoms with Crippen molar-refractivity contribution in [1.82, 2.24) is 0 Å². The van der Waals surface area contributed by atoms with Crippen LogP contribution in [0.1, 0.15) is 86.6 Å². The van der Waals surface area contributed by atoms with Gasteiger partial charge in [-0.3, -0.25) is 46.3 Å². The van der Waals surface area contributed by atoms with Crippen molar-refractivity contribution in [3.8, 4) is 0 Å². The van der Waals surface area contributed by atoms with Gasteiger partial charge in [0, 0.05) is 11.5 Å². The van der Waals surface area contributed by atoms with Gasteiger partial charge in [0.25, 0.3) is 10.3 Å². The summed E-state index contributed by atoms with van der Waals surface area (Å²) in [6.07, 6.45) is -5.83. The quantitative estimate of drug-likeness (QED) is 0.0131. The highest BCUT2D eigenvalue weighted by molar-refractivity contribution is 8.13. The molecule has 0 amide bonds. The van der Waals surface area contributed by atoms with E-state index in [9.17, 15) is 53.4 Å². The van der Waals surface area contributed by atoms with E-state index in [1.54, 1.807) is 133 Å². The summed E-state index contributed by atoms with van der Waals surface area (Å²) < 4.78 is 70.2. The number of amidine groups is 2. The largest absolute Gasteiger partial charge is 1.00 e. The number of rotatable bonds is 37. The van der Waals surface area contributed by atoms with Gasteiger partial charge in [0.2, 0.25) is 0 Å². The van der Waals surface area contributed by atoms with Crippen LogP contribution in [0.5, 0.6) is 0 Å².